The van der Waals surface area contributed by atoms with Crippen LogP contribution in [0.2, 0.25) is 0 Å². The molecular weight excluding hydrogens is 173 g/mol. The zero-order chi connectivity index (χ0) is 9.84. The summed E-state index contributed by atoms with van der Waals surface area (Å²) in [5, 5.41) is 11.9. The Morgan fingerprint density at radius 1 is 1.54 bits per heavy atom. The molecule has 2 N–H and O–H groups in total. The quantitative estimate of drug-likeness (QED) is 0.744. The van der Waals surface area contributed by atoms with E-state index in [1.807, 2.05) is 0 Å². The Bertz CT molecular complexity index is 302. The predicted octanol–water partition coefficient (Wildman–Crippen LogP) is 1.26. The molecule has 0 spiro atoms. The van der Waals surface area contributed by atoms with E-state index in [9.17, 15) is 4.39 Å². The highest BCUT2D eigenvalue weighted by Crippen LogP contribution is 2.27. The zero-order valence-electron chi connectivity index (χ0n) is 7.60. The molecule has 0 amide bonds. The number of hydrogen-bond donors (Lipinski definition) is 2. The number of halogens is 1. The lowest BCUT2D eigenvalue weighted by molar-refractivity contribution is 0.389. The average Bonchev–Trinajstić information content (AvgIpc) is 2.14. The maximum Gasteiger partial charge on any atom is 0.172 e. The molecule has 0 radical (unpaired) electrons. The summed E-state index contributed by atoms with van der Waals surface area (Å²) in [6.45, 7) is 0.323. The molecule has 1 aromatic rings. The van der Waals surface area contributed by atoms with Crippen molar-refractivity contribution in [3.63, 3.8) is 0 Å². The third-order valence-corrected chi connectivity index (χ3v) is 1.75. The van der Waals surface area contributed by atoms with Crippen molar-refractivity contribution in [2.45, 2.75) is 6.54 Å². The fourth-order valence-corrected chi connectivity index (χ4v) is 1.12. The highest BCUT2D eigenvalue weighted by molar-refractivity contribution is 5.41. The second kappa shape index (κ2) is 4.09. The minimum absolute atomic E-state index is 0.323. The zero-order valence-corrected chi connectivity index (χ0v) is 7.60. The molecule has 3 nitrogen and oxygen atoms in total. The second-order valence-electron chi connectivity index (χ2n) is 2.61. The van der Waals surface area contributed by atoms with E-state index in [4.69, 9.17) is 9.84 Å². The van der Waals surface area contributed by atoms with Gasteiger partial charge in [0.15, 0.2) is 11.6 Å². The van der Waals surface area contributed by atoms with E-state index >= 15 is 0 Å². The first-order valence-electron chi connectivity index (χ1n) is 3.89. The average molecular weight is 185 g/mol. The third kappa shape index (κ3) is 1.89. The van der Waals surface area contributed by atoms with Crippen molar-refractivity contribution < 1.29 is 14.2 Å². The van der Waals surface area contributed by atoms with Crippen LogP contribution in [0.5, 0.6) is 11.5 Å². The molecule has 0 saturated carbocycles. The normalized spacial score (nSPS) is 10.1. The summed E-state index contributed by atoms with van der Waals surface area (Å²) in [5.74, 6) is -0.551. The number of phenols is 1. The van der Waals surface area contributed by atoms with Gasteiger partial charge in [0.1, 0.15) is 5.75 Å². The van der Waals surface area contributed by atoms with E-state index in [1.165, 1.54) is 19.2 Å². The molecule has 0 fully saturated rings. The number of benzene rings is 1. The van der Waals surface area contributed by atoms with Gasteiger partial charge in [0.25, 0.3) is 0 Å². The van der Waals surface area contributed by atoms with Crippen LogP contribution in [-0.2, 0) is 6.54 Å². The van der Waals surface area contributed by atoms with Gasteiger partial charge < -0.3 is 15.2 Å². The Kier molecular flexibility index (Phi) is 3.08. The van der Waals surface area contributed by atoms with E-state index in [0.717, 1.165) is 0 Å². The molecule has 0 aliphatic rings. The van der Waals surface area contributed by atoms with Crippen molar-refractivity contribution in [1.82, 2.24) is 5.32 Å². The Hall–Kier alpha value is -1.29. The van der Waals surface area contributed by atoms with Gasteiger partial charge in [-0.25, -0.2) is 4.39 Å². The van der Waals surface area contributed by atoms with E-state index < -0.39 is 5.82 Å². The molecule has 0 unspecified atom stereocenters. The van der Waals surface area contributed by atoms with E-state index in [2.05, 4.69) is 5.32 Å². The Morgan fingerprint density at radius 2 is 2.23 bits per heavy atom. The van der Waals surface area contributed by atoms with Crippen LogP contribution in [0.15, 0.2) is 12.1 Å². The molecule has 1 rings (SSSR count). The fourth-order valence-electron chi connectivity index (χ4n) is 1.12. The molecule has 0 bridgehead atoms. The maximum atomic E-state index is 13.3. The molecule has 0 atom stereocenters. The van der Waals surface area contributed by atoms with Crippen LogP contribution in [-0.4, -0.2) is 19.3 Å². The first kappa shape index (κ1) is 9.80. The summed E-state index contributed by atoms with van der Waals surface area (Å²) in [5.41, 5.74) is 0.338. The van der Waals surface area contributed by atoms with Gasteiger partial charge in [0, 0.05) is 12.1 Å². The number of aromatic hydroxyl groups is 1. The van der Waals surface area contributed by atoms with Gasteiger partial charge in [-0.15, -0.1) is 0 Å². The number of hydrogen-bond acceptors (Lipinski definition) is 3. The lowest BCUT2D eigenvalue weighted by Gasteiger charge is -2.09. The lowest BCUT2D eigenvalue weighted by Crippen LogP contribution is -2.08. The summed E-state index contributed by atoms with van der Waals surface area (Å²) >= 11 is 0. The molecule has 0 aliphatic carbocycles. The van der Waals surface area contributed by atoms with Gasteiger partial charge in [-0.3, -0.25) is 0 Å². The van der Waals surface area contributed by atoms with E-state index in [1.54, 1.807) is 7.05 Å². The third-order valence-electron chi connectivity index (χ3n) is 1.75. The van der Waals surface area contributed by atoms with Gasteiger partial charge in [-0.05, 0) is 19.2 Å². The fraction of sp³-hybridized carbons (Fsp3) is 0.333. The number of phenolic OH excluding ortho intramolecular Hbond substituents is 1. The minimum Gasteiger partial charge on any atom is -0.505 e. The molecule has 72 valence electrons. The lowest BCUT2D eigenvalue weighted by atomic mass is 10.1. The SMILES string of the molecule is CNCc1c(OC)ccc(O)c1F. The summed E-state index contributed by atoms with van der Waals surface area (Å²) in [7, 11) is 3.16. The van der Waals surface area contributed by atoms with Crippen LogP contribution in [0.3, 0.4) is 0 Å². The first-order valence-corrected chi connectivity index (χ1v) is 3.89. The van der Waals surface area contributed by atoms with Crippen LogP contribution in [0.1, 0.15) is 5.56 Å². The standard InChI is InChI=1S/C9H12FNO2/c1-11-5-6-8(13-2)4-3-7(12)9(6)10/h3-4,11-12H,5H2,1-2H3. The number of ether oxygens (including phenoxy) is 1. The molecule has 13 heavy (non-hydrogen) atoms. The van der Waals surface area contributed by atoms with Crippen molar-refractivity contribution >= 4 is 0 Å². The van der Waals surface area contributed by atoms with Crippen molar-refractivity contribution in [1.29, 1.82) is 0 Å². The highest BCUT2D eigenvalue weighted by Gasteiger charge is 2.12. The number of methoxy groups -OCH3 is 1. The van der Waals surface area contributed by atoms with Crippen molar-refractivity contribution in [3.8, 4) is 11.5 Å². The molecule has 0 aliphatic heterocycles. The number of nitrogens with one attached hydrogen (secondary N) is 1. The molecule has 0 aromatic heterocycles. The smallest absolute Gasteiger partial charge is 0.172 e. The minimum atomic E-state index is -0.631. The van der Waals surface area contributed by atoms with Crippen molar-refractivity contribution in [2.24, 2.45) is 0 Å². The monoisotopic (exact) mass is 185 g/mol. The molecule has 1 aromatic carbocycles. The predicted molar refractivity (Wildman–Crippen MR) is 47.4 cm³/mol. The molecular formula is C9H12FNO2. The van der Waals surface area contributed by atoms with Gasteiger partial charge in [0.05, 0.1) is 7.11 Å². The van der Waals surface area contributed by atoms with Crippen LogP contribution >= 0.6 is 0 Å². The van der Waals surface area contributed by atoms with Gasteiger partial charge in [0.2, 0.25) is 0 Å². The van der Waals surface area contributed by atoms with E-state index in [-0.39, 0.29) is 5.75 Å². The Labute approximate surface area is 76.1 Å². The second-order valence-corrected chi connectivity index (χ2v) is 2.61. The summed E-state index contributed by atoms with van der Waals surface area (Å²) in [6.07, 6.45) is 0. The summed E-state index contributed by atoms with van der Waals surface area (Å²) in [4.78, 5) is 0. The van der Waals surface area contributed by atoms with Crippen molar-refractivity contribution in [2.75, 3.05) is 14.2 Å². The Morgan fingerprint density at radius 3 is 2.77 bits per heavy atom. The summed E-state index contributed by atoms with van der Waals surface area (Å²) < 4.78 is 18.2. The van der Waals surface area contributed by atoms with Crippen LogP contribution < -0.4 is 10.1 Å². The molecule has 0 heterocycles. The highest BCUT2D eigenvalue weighted by atomic mass is 19.1. The van der Waals surface area contributed by atoms with Crippen LogP contribution in [0.4, 0.5) is 4.39 Å². The van der Waals surface area contributed by atoms with E-state index in [0.29, 0.717) is 17.9 Å². The topological polar surface area (TPSA) is 41.5 Å². The summed E-state index contributed by atoms with van der Waals surface area (Å²) in [6, 6.07) is 2.80. The first-order chi connectivity index (χ1) is 6.20. The van der Waals surface area contributed by atoms with Crippen molar-refractivity contribution in [3.05, 3.63) is 23.5 Å². The Balaban J connectivity index is 3.15. The molecule has 4 heteroatoms. The maximum absolute atomic E-state index is 13.3. The van der Waals surface area contributed by atoms with Gasteiger partial charge >= 0.3 is 0 Å². The van der Waals surface area contributed by atoms with Crippen LogP contribution in [0.25, 0.3) is 0 Å². The van der Waals surface area contributed by atoms with Gasteiger partial charge in [-0.1, -0.05) is 0 Å². The van der Waals surface area contributed by atoms with Crippen LogP contribution in [0, 0.1) is 5.82 Å². The largest absolute Gasteiger partial charge is 0.505 e. The van der Waals surface area contributed by atoms with Gasteiger partial charge in [-0.2, -0.15) is 0 Å². The molecule has 0 saturated heterocycles. The number of rotatable bonds is 3.